The second kappa shape index (κ2) is 7.34. The van der Waals surface area contributed by atoms with Crippen LogP contribution in [-0.4, -0.2) is 49.5 Å². The zero-order valence-electron chi connectivity index (χ0n) is 16.6. The first-order chi connectivity index (χ1) is 13.3. The Morgan fingerprint density at radius 3 is 2.79 bits per heavy atom. The van der Waals surface area contributed by atoms with Crippen LogP contribution in [0.5, 0.6) is 5.75 Å². The van der Waals surface area contributed by atoms with Gasteiger partial charge in [0.25, 0.3) is 5.91 Å². The van der Waals surface area contributed by atoms with E-state index in [1.807, 2.05) is 13.8 Å². The van der Waals surface area contributed by atoms with Crippen molar-refractivity contribution in [1.82, 2.24) is 15.3 Å². The molecule has 28 heavy (non-hydrogen) atoms. The molecule has 0 spiro atoms. The minimum Gasteiger partial charge on any atom is -0.495 e. The molecule has 1 aromatic carbocycles. The van der Waals surface area contributed by atoms with Gasteiger partial charge in [0.05, 0.1) is 24.4 Å². The first-order valence-electron chi connectivity index (χ1n) is 8.83. The summed E-state index contributed by atoms with van der Waals surface area (Å²) in [4.78, 5) is 34.8. The van der Waals surface area contributed by atoms with Gasteiger partial charge in [-0.1, -0.05) is 0 Å². The summed E-state index contributed by atoms with van der Waals surface area (Å²) in [5.41, 5.74) is 1.16. The minimum absolute atomic E-state index is 0.00508. The maximum Gasteiger partial charge on any atom is 0.251 e. The van der Waals surface area contributed by atoms with E-state index in [2.05, 4.69) is 25.9 Å². The maximum absolute atomic E-state index is 12.6. The molecule has 2 heterocycles. The van der Waals surface area contributed by atoms with Crippen LogP contribution in [0.2, 0.25) is 0 Å². The Labute approximate surface area is 163 Å². The number of carbonyl (C=O) groups excluding carboxylic acids is 2. The Morgan fingerprint density at radius 1 is 1.36 bits per heavy atom. The summed E-state index contributed by atoms with van der Waals surface area (Å²) in [5.74, 6) is 1.19. The lowest BCUT2D eigenvalue weighted by Crippen LogP contribution is -2.40. The zero-order valence-corrected chi connectivity index (χ0v) is 16.6. The molecule has 1 aromatic heterocycles. The summed E-state index contributed by atoms with van der Waals surface area (Å²) in [6.07, 6.45) is 1.60. The number of hydrogen-bond acceptors (Lipinski definition) is 7. The van der Waals surface area contributed by atoms with Crippen molar-refractivity contribution in [2.24, 2.45) is 5.41 Å². The number of fused-ring (bicyclic) bond motifs is 1. The molecule has 0 saturated carbocycles. The van der Waals surface area contributed by atoms with Gasteiger partial charge in [-0.05, 0) is 32.0 Å². The van der Waals surface area contributed by atoms with Crippen LogP contribution in [0.25, 0.3) is 0 Å². The standard InChI is InChI=1S/C19H24N6O3/c1-19(2)10-22-15-13(25(4)17(19)27)9-21-18(24-15)23-12-7-6-11(16(26)20-3)8-14(12)28-5/h6-9H,10H2,1-5H3,(H,20,26)(H2,21,22,23,24). The van der Waals surface area contributed by atoms with E-state index in [1.165, 1.54) is 7.11 Å². The maximum atomic E-state index is 12.6. The first kappa shape index (κ1) is 19.4. The molecule has 0 saturated heterocycles. The lowest BCUT2D eigenvalue weighted by Gasteiger charge is -2.25. The number of carbonyl (C=O) groups is 2. The number of amides is 2. The number of benzene rings is 1. The van der Waals surface area contributed by atoms with Gasteiger partial charge in [-0.25, -0.2) is 4.98 Å². The van der Waals surface area contributed by atoms with E-state index in [-0.39, 0.29) is 11.8 Å². The normalized spacial score (nSPS) is 15.2. The van der Waals surface area contributed by atoms with E-state index in [9.17, 15) is 9.59 Å². The summed E-state index contributed by atoms with van der Waals surface area (Å²) in [5, 5.41) is 8.90. The van der Waals surface area contributed by atoms with Gasteiger partial charge in [-0.3, -0.25) is 9.59 Å². The van der Waals surface area contributed by atoms with Crippen molar-refractivity contribution in [2.45, 2.75) is 13.8 Å². The second-order valence-corrected chi connectivity index (χ2v) is 7.15. The van der Waals surface area contributed by atoms with Crippen LogP contribution in [0.4, 0.5) is 23.1 Å². The molecule has 9 nitrogen and oxygen atoms in total. The Balaban J connectivity index is 1.90. The molecular formula is C19H24N6O3. The number of ether oxygens (including phenoxy) is 1. The van der Waals surface area contributed by atoms with Crippen LogP contribution in [0.3, 0.4) is 0 Å². The van der Waals surface area contributed by atoms with E-state index in [4.69, 9.17) is 4.74 Å². The molecule has 1 aliphatic heterocycles. The molecule has 9 heteroatoms. The fourth-order valence-electron chi connectivity index (χ4n) is 2.96. The topological polar surface area (TPSA) is 108 Å². The fourth-order valence-corrected chi connectivity index (χ4v) is 2.96. The van der Waals surface area contributed by atoms with Gasteiger partial charge >= 0.3 is 0 Å². The highest BCUT2D eigenvalue weighted by molar-refractivity contribution is 6.00. The second-order valence-electron chi connectivity index (χ2n) is 7.15. The molecule has 1 aliphatic rings. The van der Waals surface area contributed by atoms with Crippen LogP contribution < -0.4 is 25.6 Å². The minimum atomic E-state index is -0.554. The van der Waals surface area contributed by atoms with Crippen molar-refractivity contribution in [3.05, 3.63) is 30.0 Å². The SMILES string of the molecule is CNC(=O)c1ccc(Nc2ncc3c(n2)NCC(C)(C)C(=O)N3C)c(OC)c1. The quantitative estimate of drug-likeness (QED) is 0.740. The average molecular weight is 384 g/mol. The summed E-state index contributed by atoms with van der Waals surface area (Å²) in [6, 6.07) is 5.04. The van der Waals surface area contributed by atoms with Crippen molar-refractivity contribution < 1.29 is 14.3 Å². The number of methoxy groups -OCH3 is 1. The van der Waals surface area contributed by atoms with Crippen LogP contribution in [0, 0.1) is 5.41 Å². The van der Waals surface area contributed by atoms with Gasteiger partial charge in [0.2, 0.25) is 11.9 Å². The Bertz CT molecular complexity index is 928. The number of hydrogen-bond donors (Lipinski definition) is 3. The highest BCUT2D eigenvalue weighted by atomic mass is 16.5. The predicted octanol–water partition coefficient (Wildman–Crippen LogP) is 2.00. The Morgan fingerprint density at radius 2 is 2.11 bits per heavy atom. The summed E-state index contributed by atoms with van der Waals surface area (Å²) >= 11 is 0. The van der Waals surface area contributed by atoms with Gasteiger partial charge in [0.1, 0.15) is 11.4 Å². The molecule has 0 aliphatic carbocycles. The van der Waals surface area contributed by atoms with E-state index < -0.39 is 5.41 Å². The molecule has 0 atom stereocenters. The van der Waals surface area contributed by atoms with Crippen LogP contribution >= 0.6 is 0 Å². The highest BCUT2D eigenvalue weighted by Crippen LogP contribution is 2.33. The van der Waals surface area contributed by atoms with E-state index in [0.717, 1.165) is 0 Å². The number of anilines is 4. The summed E-state index contributed by atoms with van der Waals surface area (Å²) < 4.78 is 5.38. The molecule has 0 radical (unpaired) electrons. The Kier molecular flexibility index (Phi) is 5.08. The number of rotatable bonds is 4. The van der Waals surface area contributed by atoms with Crippen molar-refractivity contribution in [3.8, 4) is 5.75 Å². The Hall–Kier alpha value is -3.36. The highest BCUT2D eigenvalue weighted by Gasteiger charge is 2.35. The van der Waals surface area contributed by atoms with E-state index in [1.54, 1.807) is 43.4 Å². The molecule has 0 bridgehead atoms. The molecule has 2 aromatic rings. The monoisotopic (exact) mass is 384 g/mol. The lowest BCUT2D eigenvalue weighted by atomic mass is 9.92. The molecule has 148 valence electrons. The van der Waals surface area contributed by atoms with Gasteiger partial charge in [0.15, 0.2) is 5.82 Å². The fraction of sp³-hybridized carbons (Fsp3) is 0.368. The predicted molar refractivity (Wildman–Crippen MR) is 107 cm³/mol. The smallest absolute Gasteiger partial charge is 0.251 e. The number of nitrogens with one attached hydrogen (secondary N) is 3. The third kappa shape index (κ3) is 3.55. The largest absolute Gasteiger partial charge is 0.495 e. The van der Waals surface area contributed by atoms with Crippen LogP contribution in [0.15, 0.2) is 24.4 Å². The van der Waals surface area contributed by atoms with Gasteiger partial charge < -0.3 is 25.6 Å². The summed E-state index contributed by atoms with van der Waals surface area (Å²) in [7, 11) is 4.81. The molecule has 0 fully saturated rings. The third-order valence-corrected chi connectivity index (χ3v) is 4.65. The van der Waals surface area contributed by atoms with Crippen molar-refractivity contribution in [3.63, 3.8) is 0 Å². The van der Waals surface area contributed by atoms with Crippen molar-refractivity contribution in [1.29, 1.82) is 0 Å². The molecule has 0 unspecified atom stereocenters. The molecule has 3 N–H and O–H groups in total. The van der Waals surface area contributed by atoms with Crippen molar-refractivity contribution >= 4 is 35.0 Å². The van der Waals surface area contributed by atoms with Gasteiger partial charge in [-0.15, -0.1) is 0 Å². The molecule has 2 amide bonds. The zero-order chi connectivity index (χ0) is 20.5. The van der Waals surface area contributed by atoms with E-state index in [0.29, 0.717) is 41.0 Å². The molecule has 3 rings (SSSR count). The lowest BCUT2D eigenvalue weighted by molar-refractivity contribution is -0.125. The average Bonchev–Trinajstić information content (AvgIpc) is 2.78. The number of nitrogens with zero attached hydrogens (tertiary/aromatic N) is 3. The van der Waals surface area contributed by atoms with Crippen LogP contribution in [0.1, 0.15) is 24.2 Å². The van der Waals surface area contributed by atoms with E-state index >= 15 is 0 Å². The van der Waals surface area contributed by atoms with Gasteiger partial charge in [0, 0.05) is 26.2 Å². The first-order valence-corrected chi connectivity index (χ1v) is 8.83. The number of aromatic nitrogens is 2. The van der Waals surface area contributed by atoms with Gasteiger partial charge in [-0.2, -0.15) is 4.98 Å². The molecular weight excluding hydrogens is 360 g/mol. The third-order valence-electron chi connectivity index (χ3n) is 4.65. The van der Waals surface area contributed by atoms with Crippen LogP contribution in [-0.2, 0) is 4.79 Å². The van der Waals surface area contributed by atoms with Crippen molar-refractivity contribution in [2.75, 3.05) is 43.3 Å². The summed E-state index contributed by atoms with van der Waals surface area (Å²) in [6.45, 7) is 4.23.